The maximum absolute atomic E-state index is 12.1. The standard InChI is InChI=1S/C16H12O2/c17-16(14-8-9-18-11-14)10-13-6-3-5-12-4-1-2-7-15(12)13/h1-9,11H,10H2. The van der Waals surface area contributed by atoms with Crippen molar-refractivity contribution in [2.24, 2.45) is 0 Å². The number of benzene rings is 2. The lowest BCUT2D eigenvalue weighted by Crippen LogP contribution is -2.02. The Balaban J connectivity index is 1.98. The van der Waals surface area contributed by atoms with Crippen molar-refractivity contribution in [3.8, 4) is 0 Å². The second kappa shape index (κ2) is 4.49. The Labute approximate surface area is 105 Å². The molecular weight excluding hydrogens is 224 g/mol. The first-order chi connectivity index (χ1) is 8.84. The molecule has 0 saturated heterocycles. The van der Waals surface area contributed by atoms with E-state index in [0.717, 1.165) is 16.3 Å². The third kappa shape index (κ3) is 1.93. The minimum Gasteiger partial charge on any atom is -0.472 e. The van der Waals surface area contributed by atoms with Crippen molar-refractivity contribution in [2.75, 3.05) is 0 Å². The van der Waals surface area contributed by atoms with E-state index in [-0.39, 0.29) is 5.78 Å². The van der Waals surface area contributed by atoms with Gasteiger partial charge in [0.25, 0.3) is 0 Å². The van der Waals surface area contributed by atoms with E-state index in [1.807, 2.05) is 30.3 Å². The first-order valence-electron chi connectivity index (χ1n) is 5.86. The summed E-state index contributed by atoms with van der Waals surface area (Å²) in [5.74, 6) is 0.0834. The minimum atomic E-state index is 0.0834. The van der Waals surface area contributed by atoms with Gasteiger partial charge in [0.2, 0.25) is 0 Å². The number of Topliss-reactive ketones (excluding diaryl/α,β-unsaturated/α-hetero) is 1. The molecule has 0 aliphatic rings. The molecule has 0 unspecified atom stereocenters. The number of ketones is 1. The van der Waals surface area contributed by atoms with Crippen LogP contribution >= 0.6 is 0 Å². The Morgan fingerprint density at radius 3 is 2.67 bits per heavy atom. The quantitative estimate of drug-likeness (QED) is 0.646. The largest absolute Gasteiger partial charge is 0.472 e. The molecule has 3 aromatic rings. The van der Waals surface area contributed by atoms with Crippen molar-refractivity contribution in [3.05, 3.63) is 72.2 Å². The Kier molecular flexibility index (Phi) is 2.69. The molecule has 1 heterocycles. The first kappa shape index (κ1) is 10.8. The predicted octanol–water partition coefficient (Wildman–Crippen LogP) is 3.86. The van der Waals surface area contributed by atoms with Crippen molar-refractivity contribution >= 4 is 16.6 Å². The number of hydrogen-bond donors (Lipinski definition) is 0. The van der Waals surface area contributed by atoms with Crippen LogP contribution < -0.4 is 0 Å². The number of hydrogen-bond acceptors (Lipinski definition) is 2. The Bertz CT molecular complexity index is 676. The fourth-order valence-electron chi connectivity index (χ4n) is 2.14. The third-order valence-electron chi connectivity index (χ3n) is 3.07. The molecule has 0 saturated carbocycles. The normalized spacial score (nSPS) is 10.7. The van der Waals surface area contributed by atoms with Crippen molar-refractivity contribution in [3.63, 3.8) is 0 Å². The molecule has 0 bridgehead atoms. The number of fused-ring (bicyclic) bond motifs is 1. The fraction of sp³-hybridized carbons (Fsp3) is 0.0625. The molecule has 2 nitrogen and oxygen atoms in total. The van der Waals surface area contributed by atoms with Gasteiger partial charge in [-0.2, -0.15) is 0 Å². The molecule has 0 radical (unpaired) electrons. The first-order valence-corrected chi connectivity index (χ1v) is 5.86. The van der Waals surface area contributed by atoms with E-state index in [0.29, 0.717) is 12.0 Å². The van der Waals surface area contributed by atoms with Crippen molar-refractivity contribution < 1.29 is 9.21 Å². The summed E-state index contributed by atoms with van der Waals surface area (Å²) < 4.78 is 4.94. The van der Waals surface area contributed by atoms with E-state index in [9.17, 15) is 4.79 Å². The van der Waals surface area contributed by atoms with Crippen molar-refractivity contribution in [1.29, 1.82) is 0 Å². The molecule has 2 heteroatoms. The molecule has 0 N–H and O–H groups in total. The SMILES string of the molecule is O=C(Cc1cccc2ccccc12)c1ccoc1. The maximum atomic E-state index is 12.1. The van der Waals surface area contributed by atoms with Crippen molar-refractivity contribution in [1.82, 2.24) is 0 Å². The molecule has 0 atom stereocenters. The van der Waals surface area contributed by atoms with Gasteiger partial charge in [0.15, 0.2) is 5.78 Å². The van der Waals surface area contributed by atoms with Gasteiger partial charge in [-0.25, -0.2) is 0 Å². The van der Waals surface area contributed by atoms with E-state index in [1.54, 1.807) is 6.07 Å². The summed E-state index contributed by atoms with van der Waals surface area (Å²) in [5, 5.41) is 2.30. The second-order valence-corrected chi connectivity index (χ2v) is 4.25. The zero-order valence-corrected chi connectivity index (χ0v) is 9.80. The van der Waals surface area contributed by atoms with Crippen LogP contribution in [-0.2, 0) is 6.42 Å². The lowest BCUT2D eigenvalue weighted by molar-refractivity contribution is 0.0992. The van der Waals surface area contributed by atoms with Gasteiger partial charge < -0.3 is 4.42 Å². The Hall–Kier alpha value is -2.35. The average molecular weight is 236 g/mol. The number of rotatable bonds is 3. The van der Waals surface area contributed by atoms with Crippen LogP contribution in [0.3, 0.4) is 0 Å². The van der Waals surface area contributed by atoms with Crippen LogP contribution in [0.1, 0.15) is 15.9 Å². The van der Waals surface area contributed by atoms with Gasteiger partial charge in [-0.1, -0.05) is 42.5 Å². The number of carbonyl (C=O) groups excluding carboxylic acids is 1. The summed E-state index contributed by atoms with van der Waals surface area (Å²) in [4.78, 5) is 12.1. The highest BCUT2D eigenvalue weighted by atomic mass is 16.3. The Morgan fingerprint density at radius 2 is 1.83 bits per heavy atom. The molecule has 0 amide bonds. The summed E-state index contributed by atoms with van der Waals surface area (Å²) in [6, 6.07) is 15.8. The molecule has 3 rings (SSSR count). The van der Waals surface area contributed by atoms with E-state index < -0.39 is 0 Å². The lowest BCUT2D eigenvalue weighted by Gasteiger charge is -2.04. The second-order valence-electron chi connectivity index (χ2n) is 4.25. The van der Waals surface area contributed by atoms with Gasteiger partial charge >= 0.3 is 0 Å². The van der Waals surface area contributed by atoms with Crippen LogP contribution in [0.5, 0.6) is 0 Å². The summed E-state index contributed by atoms with van der Waals surface area (Å²) in [7, 11) is 0. The highest BCUT2D eigenvalue weighted by Gasteiger charge is 2.10. The van der Waals surface area contributed by atoms with Crippen LogP contribution in [0.4, 0.5) is 0 Å². The maximum Gasteiger partial charge on any atom is 0.170 e. The number of furan rings is 1. The monoisotopic (exact) mass is 236 g/mol. The van der Waals surface area contributed by atoms with Gasteiger partial charge in [0.05, 0.1) is 11.8 Å². The smallest absolute Gasteiger partial charge is 0.170 e. The zero-order chi connectivity index (χ0) is 12.4. The molecule has 2 aromatic carbocycles. The molecule has 0 spiro atoms. The minimum absolute atomic E-state index is 0.0834. The zero-order valence-electron chi connectivity index (χ0n) is 9.80. The molecule has 0 fully saturated rings. The van der Waals surface area contributed by atoms with Crippen LogP contribution in [0.2, 0.25) is 0 Å². The number of carbonyl (C=O) groups is 1. The molecule has 88 valence electrons. The van der Waals surface area contributed by atoms with E-state index >= 15 is 0 Å². The average Bonchev–Trinajstić information content (AvgIpc) is 2.93. The van der Waals surface area contributed by atoms with Crippen LogP contribution in [0.25, 0.3) is 10.8 Å². The summed E-state index contributed by atoms with van der Waals surface area (Å²) in [5.41, 5.74) is 1.68. The van der Waals surface area contributed by atoms with Gasteiger partial charge in [-0.05, 0) is 22.4 Å². The predicted molar refractivity (Wildman–Crippen MR) is 70.7 cm³/mol. The van der Waals surface area contributed by atoms with Crippen LogP contribution in [0.15, 0.2) is 65.5 Å². The molecule has 0 aliphatic heterocycles. The molecule has 0 aliphatic carbocycles. The van der Waals surface area contributed by atoms with E-state index in [1.165, 1.54) is 12.5 Å². The summed E-state index contributed by atoms with van der Waals surface area (Å²) in [6.07, 6.45) is 3.42. The van der Waals surface area contributed by atoms with E-state index in [4.69, 9.17) is 4.42 Å². The molecular formula is C16H12O2. The highest BCUT2D eigenvalue weighted by molar-refractivity contribution is 5.99. The van der Waals surface area contributed by atoms with Gasteiger partial charge in [-0.15, -0.1) is 0 Å². The van der Waals surface area contributed by atoms with Gasteiger partial charge in [-0.3, -0.25) is 4.79 Å². The molecule has 1 aromatic heterocycles. The van der Waals surface area contributed by atoms with Gasteiger partial charge in [0.1, 0.15) is 6.26 Å². The highest BCUT2D eigenvalue weighted by Crippen LogP contribution is 2.20. The Morgan fingerprint density at radius 1 is 1.00 bits per heavy atom. The fourth-order valence-corrected chi connectivity index (χ4v) is 2.14. The lowest BCUT2D eigenvalue weighted by atomic mass is 9.99. The topological polar surface area (TPSA) is 30.2 Å². The van der Waals surface area contributed by atoms with Crippen LogP contribution in [0, 0.1) is 0 Å². The van der Waals surface area contributed by atoms with Crippen LogP contribution in [-0.4, -0.2) is 5.78 Å². The van der Waals surface area contributed by atoms with E-state index in [2.05, 4.69) is 12.1 Å². The third-order valence-corrected chi connectivity index (χ3v) is 3.07. The summed E-state index contributed by atoms with van der Waals surface area (Å²) >= 11 is 0. The van der Waals surface area contributed by atoms with Gasteiger partial charge in [0, 0.05) is 6.42 Å². The molecule has 18 heavy (non-hydrogen) atoms. The summed E-state index contributed by atoms with van der Waals surface area (Å²) in [6.45, 7) is 0. The van der Waals surface area contributed by atoms with Crippen molar-refractivity contribution in [2.45, 2.75) is 6.42 Å².